The van der Waals surface area contributed by atoms with Crippen LogP contribution in [0.1, 0.15) is 40.9 Å². The van der Waals surface area contributed by atoms with E-state index in [0.717, 1.165) is 46.8 Å². The second-order valence-corrected chi connectivity index (χ2v) is 7.70. The summed E-state index contributed by atoms with van der Waals surface area (Å²) in [6.45, 7) is 5.79. The molecule has 3 heterocycles. The SMILES string of the molecule is COc1ccc(-n2nc(C)c3c(C(=O)N[C@H](C)CCc4ccco4)cc(C)nc32)cc1. The van der Waals surface area contributed by atoms with Crippen molar-refractivity contribution in [3.8, 4) is 11.4 Å². The Balaban J connectivity index is 1.63. The molecule has 0 spiro atoms. The number of ether oxygens (including phenoxy) is 1. The predicted molar refractivity (Wildman–Crippen MR) is 119 cm³/mol. The third-order valence-corrected chi connectivity index (χ3v) is 5.28. The quantitative estimate of drug-likeness (QED) is 0.481. The van der Waals surface area contributed by atoms with Crippen molar-refractivity contribution < 1.29 is 13.9 Å². The topological polar surface area (TPSA) is 82.2 Å². The number of rotatable bonds is 7. The van der Waals surface area contributed by atoms with E-state index in [1.165, 1.54) is 0 Å². The van der Waals surface area contributed by atoms with Crippen LogP contribution in [0.15, 0.2) is 53.1 Å². The van der Waals surface area contributed by atoms with Crippen LogP contribution in [0.2, 0.25) is 0 Å². The maximum Gasteiger partial charge on any atom is 0.252 e. The van der Waals surface area contributed by atoms with E-state index in [9.17, 15) is 4.79 Å². The number of fused-ring (bicyclic) bond motifs is 1. The van der Waals surface area contributed by atoms with E-state index in [1.807, 2.05) is 63.2 Å². The predicted octanol–water partition coefficient (Wildman–Crippen LogP) is 4.39. The van der Waals surface area contributed by atoms with Crippen molar-refractivity contribution in [1.82, 2.24) is 20.1 Å². The van der Waals surface area contributed by atoms with Gasteiger partial charge in [-0.3, -0.25) is 4.79 Å². The first-order valence-electron chi connectivity index (χ1n) is 10.3. The number of hydrogen-bond donors (Lipinski definition) is 1. The molecule has 31 heavy (non-hydrogen) atoms. The van der Waals surface area contributed by atoms with Gasteiger partial charge in [0, 0.05) is 18.2 Å². The second kappa shape index (κ2) is 8.63. The minimum atomic E-state index is -0.125. The molecule has 0 aliphatic rings. The van der Waals surface area contributed by atoms with Gasteiger partial charge in [-0.25, -0.2) is 9.67 Å². The zero-order valence-electron chi connectivity index (χ0n) is 18.2. The van der Waals surface area contributed by atoms with Gasteiger partial charge in [-0.05, 0) is 69.7 Å². The smallest absolute Gasteiger partial charge is 0.252 e. The third kappa shape index (κ3) is 4.30. The second-order valence-electron chi connectivity index (χ2n) is 7.70. The van der Waals surface area contributed by atoms with E-state index in [1.54, 1.807) is 18.1 Å². The number of furan rings is 1. The molecule has 0 saturated carbocycles. The molecular weight excluding hydrogens is 392 g/mol. The van der Waals surface area contributed by atoms with Gasteiger partial charge in [0.1, 0.15) is 11.5 Å². The molecule has 7 heteroatoms. The molecule has 0 unspecified atom stereocenters. The van der Waals surface area contributed by atoms with Crippen LogP contribution in [-0.4, -0.2) is 33.8 Å². The van der Waals surface area contributed by atoms with Crippen LogP contribution in [0, 0.1) is 13.8 Å². The van der Waals surface area contributed by atoms with Gasteiger partial charge in [-0.15, -0.1) is 0 Å². The van der Waals surface area contributed by atoms with Crippen molar-refractivity contribution in [3.05, 3.63) is 71.4 Å². The fourth-order valence-electron chi connectivity index (χ4n) is 3.68. The summed E-state index contributed by atoms with van der Waals surface area (Å²) in [7, 11) is 1.63. The lowest BCUT2D eigenvalue weighted by Crippen LogP contribution is -2.33. The van der Waals surface area contributed by atoms with Gasteiger partial charge in [0.25, 0.3) is 5.91 Å². The summed E-state index contributed by atoms with van der Waals surface area (Å²) in [5.41, 5.74) is 3.62. The first-order valence-corrected chi connectivity index (χ1v) is 10.3. The fourth-order valence-corrected chi connectivity index (χ4v) is 3.68. The van der Waals surface area contributed by atoms with Crippen molar-refractivity contribution >= 4 is 16.9 Å². The molecule has 0 bridgehead atoms. The Hall–Kier alpha value is -3.61. The number of nitrogens with one attached hydrogen (secondary N) is 1. The molecule has 3 aromatic heterocycles. The summed E-state index contributed by atoms with van der Waals surface area (Å²) in [6, 6.07) is 13.2. The third-order valence-electron chi connectivity index (χ3n) is 5.28. The van der Waals surface area contributed by atoms with Crippen LogP contribution >= 0.6 is 0 Å². The highest BCUT2D eigenvalue weighted by Crippen LogP contribution is 2.26. The van der Waals surface area contributed by atoms with Gasteiger partial charge < -0.3 is 14.5 Å². The van der Waals surface area contributed by atoms with Gasteiger partial charge >= 0.3 is 0 Å². The number of benzene rings is 1. The van der Waals surface area contributed by atoms with Crippen LogP contribution < -0.4 is 10.1 Å². The highest BCUT2D eigenvalue weighted by atomic mass is 16.5. The number of hydrogen-bond acceptors (Lipinski definition) is 5. The number of carbonyl (C=O) groups is 1. The molecule has 1 amide bonds. The maximum absolute atomic E-state index is 13.1. The Labute approximate surface area is 181 Å². The molecule has 0 radical (unpaired) electrons. The summed E-state index contributed by atoms with van der Waals surface area (Å²) in [6.07, 6.45) is 3.22. The summed E-state index contributed by atoms with van der Waals surface area (Å²) in [5.74, 6) is 1.56. The average Bonchev–Trinajstić information content (AvgIpc) is 3.40. The number of aryl methyl sites for hydroxylation is 3. The molecule has 1 atom stereocenters. The number of pyridine rings is 1. The van der Waals surface area contributed by atoms with Crippen LogP contribution in [0.25, 0.3) is 16.7 Å². The van der Waals surface area contributed by atoms with Crippen LogP contribution in [0.5, 0.6) is 5.75 Å². The van der Waals surface area contributed by atoms with Crippen LogP contribution in [-0.2, 0) is 6.42 Å². The molecule has 7 nitrogen and oxygen atoms in total. The standard InChI is InChI=1S/C24H26N4O3/c1-15(7-10-20-6-5-13-31-20)26-24(29)21-14-16(2)25-23-22(21)17(3)27-28(23)18-8-11-19(30-4)12-9-18/h5-6,8-9,11-15H,7,10H2,1-4H3,(H,26,29)/t15-/m1/s1. The highest BCUT2D eigenvalue weighted by Gasteiger charge is 2.20. The number of aromatic nitrogens is 3. The summed E-state index contributed by atoms with van der Waals surface area (Å²) >= 11 is 0. The monoisotopic (exact) mass is 418 g/mol. The molecule has 0 saturated heterocycles. The number of amides is 1. The zero-order chi connectivity index (χ0) is 22.0. The molecule has 160 valence electrons. The summed E-state index contributed by atoms with van der Waals surface area (Å²) in [4.78, 5) is 17.8. The lowest BCUT2D eigenvalue weighted by molar-refractivity contribution is 0.0939. The zero-order valence-corrected chi connectivity index (χ0v) is 18.2. The van der Waals surface area contributed by atoms with E-state index in [-0.39, 0.29) is 11.9 Å². The van der Waals surface area contributed by atoms with Crippen molar-refractivity contribution in [2.75, 3.05) is 7.11 Å². The lowest BCUT2D eigenvalue weighted by atomic mass is 10.1. The van der Waals surface area contributed by atoms with Gasteiger partial charge in [0.2, 0.25) is 0 Å². The van der Waals surface area contributed by atoms with Crippen molar-refractivity contribution in [1.29, 1.82) is 0 Å². The number of carbonyl (C=O) groups excluding carboxylic acids is 1. The minimum absolute atomic E-state index is 0.00180. The molecule has 0 aliphatic heterocycles. The van der Waals surface area contributed by atoms with Crippen LogP contribution in [0.3, 0.4) is 0 Å². The van der Waals surface area contributed by atoms with E-state index in [2.05, 4.69) is 15.4 Å². The molecule has 0 fully saturated rings. The summed E-state index contributed by atoms with van der Waals surface area (Å²) in [5, 5.41) is 8.54. The van der Waals surface area contributed by atoms with E-state index in [4.69, 9.17) is 9.15 Å². The van der Waals surface area contributed by atoms with Gasteiger partial charge in [0.15, 0.2) is 5.65 Å². The summed E-state index contributed by atoms with van der Waals surface area (Å²) < 4.78 is 12.4. The Morgan fingerprint density at radius 2 is 2.00 bits per heavy atom. The Morgan fingerprint density at radius 1 is 1.23 bits per heavy atom. The molecular formula is C24H26N4O3. The largest absolute Gasteiger partial charge is 0.497 e. The van der Waals surface area contributed by atoms with Gasteiger partial charge in [-0.2, -0.15) is 5.10 Å². The van der Waals surface area contributed by atoms with E-state index < -0.39 is 0 Å². The Morgan fingerprint density at radius 3 is 2.68 bits per heavy atom. The van der Waals surface area contributed by atoms with Gasteiger partial charge in [-0.1, -0.05) is 0 Å². The Kier molecular flexibility index (Phi) is 5.75. The first-order chi connectivity index (χ1) is 15.0. The van der Waals surface area contributed by atoms with Crippen molar-refractivity contribution in [2.24, 2.45) is 0 Å². The molecule has 1 aromatic carbocycles. The first kappa shape index (κ1) is 20.7. The maximum atomic E-state index is 13.1. The number of methoxy groups -OCH3 is 1. The van der Waals surface area contributed by atoms with Crippen molar-refractivity contribution in [2.45, 2.75) is 39.7 Å². The minimum Gasteiger partial charge on any atom is -0.497 e. The average molecular weight is 418 g/mol. The highest BCUT2D eigenvalue weighted by molar-refractivity contribution is 6.06. The van der Waals surface area contributed by atoms with Crippen molar-refractivity contribution in [3.63, 3.8) is 0 Å². The molecule has 4 rings (SSSR count). The van der Waals surface area contributed by atoms with E-state index in [0.29, 0.717) is 11.2 Å². The molecule has 1 N–H and O–H groups in total. The van der Waals surface area contributed by atoms with Gasteiger partial charge in [0.05, 0.1) is 35.7 Å². The molecule has 4 aromatic rings. The molecule has 0 aliphatic carbocycles. The lowest BCUT2D eigenvalue weighted by Gasteiger charge is -2.14. The normalized spacial score (nSPS) is 12.1. The Bertz CT molecular complexity index is 1190. The van der Waals surface area contributed by atoms with E-state index >= 15 is 0 Å². The van der Waals surface area contributed by atoms with Crippen LogP contribution in [0.4, 0.5) is 0 Å². The fraction of sp³-hybridized carbons (Fsp3) is 0.292. The number of nitrogens with zero attached hydrogens (tertiary/aromatic N) is 3.